The summed E-state index contributed by atoms with van der Waals surface area (Å²) in [5.74, 6) is 0. The van der Waals surface area contributed by atoms with Gasteiger partial charge < -0.3 is 0 Å². The minimum absolute atomic E-state index is 0.994. The van der Waals surface area contributed by atoms with Crippen LogP contribution in [-0.2, 0) is 0 Å². The van der Waals surface area contributed by atoms with E-state index >= 15 is 0 Å². The molecule has 0 spiro atoms. The zero-order chi connectivity index (χ0) is 8.43. The van der Waals surface area contributed by atoms with Crippen LogP contribution in [0.2, 0.25) is 0 Å². The van der Waals surface area contributed by atoms with E-state index in [9.17, 15) is 0 Å². The summed E-state index contributed by atoms with van der Waals surface area (Å²) >= 11 is 0. The topological polar surface area (TPSA) is 12.9 Å². The van der Waals surface area contributed by atoms with E-state index in [0.29, 0.717) is 0 Å². The number of aromatic nitrogens is 1. The molecular formula is C10H13N. The summed E-state index contributed by atoms with van der Waals surface area (Å²) in [5, 5.41) is 0. The molecular weight excluding hydrogens is 134 g/mol. The molecule has 0 aromatic carbocycles. The predicted octanol–water partition coefficient (Wildman–Crippen LogP) is 2.73. The first kappa shape index (κ1) is 7.99. The fraction of sp³-hybridized carbons (Fsp3) is 0.300. The van der Waals surface area contributed by atoms with Crippen LogP contribution in [0.4, 0.5) is 0 Å². The highest BCUT2D eigenvalue weighted by Crippen LogP contribution is 2.12. The van der Waals surface area contributed by atoms with Crippen molar-refractivity contribution in [2.45, 2.75) is 20.8 Å². The lowest BCUT2D eigenvalue weighted by Crippen LogP contribution is -1.88. The van der Waals surface area contributed by atoms with Crippen LogP contribution in [0.25, 0.3) is 5.57 Å². The van der Waals surface area contributed by atoms with Crippen molar-refractivity contribution in [2.24, 2.45) is 0 Å². The number of nitrogens with zero attached hydrogens (tertiary/aromatic N) is 1. The lowest BCUT2D eigenvalue weighted by atomic mass is 10.1. The van der Waals surface area contributed by atoms with E-state index in [1.54, 1.807) is 0 Å². The van der Waals surface area contributed by atoms with Gasteiger partial charge in [0, 0.05) is 6.20 Å². The summed E-state index contributed by atoms with van der Waals surface area (Å²) in [6.07, 6.45) is 1.89. The quantitative estimate of drug-likeness (QED) is 0.595. The molecule has 1 aromatic heterocycles. The third-order valence-corrected chi connectivity index (χ3v) is 1.81. The maximum absolute atomic E-state index is 4.24. The second-order valence-electron chi connectivity index (χ2n) is 2.93. The van der Waals surface area contributed by atoms with Crippen molar-refractivity contribution >= 4 is 5.57 Å². The van der Waals surface area contributed by atoms with E-state index in [2.05, 4.69) is 31.5 Å². The number of hydrogen-bond donors (Lipinski definition) is 0. The summed E-state index contributed by atoms with van der Waals surface area (Å²) in [4.78, 5) is 4.24. The third kappa shape index (κ3) is 1.67. The van der Waals surface area contributed by atoms with Gasteiger partial charge in [0.25, 0.3) is 0 Å². The smallest absolute Gasteiger partial charge is 0.0655 e. The molecule has 0 aliphatic heterocycles. The molecule has 0 atom stereocenters. The number of pyridine rings is 1. The Balaban J connectivity index is 3.15. The molecule has 0 saturated carbocycles. The predicted molar refractivity (Wildman–Crippen MR) is 48.4 cm³/mol. The van der Waals surface area contributed by atoms with Crippen molar-refractivity contribution in [2.75, 3.05) is 0 Å². The van der Waals surface area contributed by atoms with Crippen LogP contribution in [0.15, 0.2) is 18.8 Å². The second kappa shape index (κ2) is 2.87. The molecule has 1 heterocycles. The van der Waals surface area contributed by atoms with E-state index in [1.165, 1.54) is 11.1 Å². The van der Waals surface area contributed by atoms with Gasteiger partial charge in [0.15, 0.2) is 0 Å². The second-order valence-corrected chi connectivity index (χ2v) is 2.93. The molecule has 1 rings (SSSR count). The highest BCUT2D eigenvalue weighted by molar-refractivity contribution is 5.58. The molecule has 0 saturated heterocycles. The Bertz CT molecular complexity index is 287. The van der Waals surface area contributed by atoms with Crippen molar-refractivity contribution in [3.63, 3.8) is 0 Å². The fourth-order valence-electron chi connectivity index (χ4n) is 0.858. The fourth-order valence-corrected chi connectivity index (χ4v) is 0.858. The zero-order valence-electron chi connectivity index (χ0n) is 7.31. The molecule has 0 unspecified atom stereocenters. The molecule has 58 valence electrons. The highest BCUT2D eigenvalue weighted by atomic mass is 14.7. The van der Waals surface area contributed by atoms with Gasteiger partial charge in [-0.1, -0.05) is 6.58 Å². The third-order valence-electron chi connectivity index (χ3n) is 1.81. The largest absolute Gasteiger partial charge is 0.256 e. The average Bonchev–Trinajstić information content (AvgIpc) is 1.94. The molecule has 11 heavy (non-hydrogen) atoms. The molecule has 1 heteroatoms. The van der Waals surface area contributed by atoms with E-state index in [4.69, 9.17) is 0 Å². The molecule has 0 aliphatic carbocycles. The summed E-state index contributed by atoms with van der Waals surface area (Å²) < 4.78 is 0. The number of rotatable bonds is 1. The van der Waals surface area contributed by atoms with Crippen molar-refractivity contribution < 1.29 is 0 Å². The van der Waals surface area contributed by atoms with Crippen LogP contribution < -0.4 is 0 Å². The highest BCUT2D eigenvalue weighted by Gasteiger charge is 1.96. The Morgan fingerprint density at radius 3 is 2.45 bits per heavy atom. The Labute approximate surface area is 67.8 Å². The van der Waals surface area contributed by atoms with E-state index in [0.717, 1.165) is 11.3 Å². The van der Waals surface area contributed by atoms with E-state index in [-0.39, 0.29) is 0 Å². The summed E-state index contributed by atoms with van der Waals surface area (Å²) in [6.45, 7) is 9.95. The van der Waals surface area contributed by atoms with Gasteiger partial charge in [-0.3, -0.25) is 4.98 Å². The van der Waals surface area contributed by atoms with Gasteiger partial charge >= 0.3 is 0 Å². The lowest BCUT2D eigenvalue weighted by Gasteiger charge is -2.02. The lowest BCUT2D eigenvalue weighted by molar-refractivity contribution is 1.18. The molecule has 0 bridgehead atoms. The van der Waals surface area contributed by atoms with Gasteiger partial charge in [-0.25, -0.2) is 0 Å². The first-order valence-electron chi connectivity index (χ1n) is 3.70. The van der Waals surface area contributed by atoms with Gasteiger partial charge in [0.05, 0.1) is 5.69 Å². The molecule has 0 radical (unpaired) electrons. The van der Waals surface area contributed by atoms with Crippen molar-refractivity contribution in [1.29, 1.82) is 0 Å². The van der Waals surface area contributed by atoms with E-state index in [1.807, 2.05) is 13.1 Å². The van der Waals surface area contributed by atoms with Crippen molar-refractivity contribution in [3.05, 3.63) is 35.7 Å². The molecule has 0 aliphatic rings. The van der Waals surface area contributed by atoms with Crippen LogP contribution in [0.1, 0.15) is 23.7 Å². The molecule has 0 amide bonds. The Morgan fingerprint density at radius 2 is 2.00 bits per heavy atom. The number of aryl methyl sites for hydroxylation is 2. The van der Waals surface area contributed by atoms with Crippen molar-refractivity contribution in [3.8, 4) is 0 Å². The minimum Gasteiger partial charge on any atom is -0.256 e. The standard InChI is InChI=1S/C10H13N/c1-7(2)10-5-8(3)9(4)6-11-10/h5-6H,1H2,2-4H3. The van der Waals surface area contributed by atoms with Gasteiger partial charge in [-0.2, -0.15) is 0 Å². The minimum atomic E-state index is 0.994. The first-order chi connectivity index (χ1) is 5.11. The maximum atomic E-state index is 4.24. The number of allylic oxidation sites excluding steroid dienone is 1. The van der Waals surface area contributed by atoms with Gasteiger partial charge in [-0.15, -0.1) is 0 Å². The molecule has 1 nitrogen and oxygen atoms in total. The van der Waals surface area contributed by atoms with Gasteiger partial charge in [0.2, 0.25) is 0 Å². The average molecular weight is 147 g/mol. The molecule has 1 aromatic rings. The first-order valence-corrected chi connectivity index (χ1v) is 3.70. The Kier molecular flexibility index (Phi) is 2.08. The Hall–Kier alpha value is -1.11. The summed E-state index contributed by atoms with van der Waals surface area (Å²) in [7, 11) is 0. The molecule has 0 fully saturated rings. The summed E-state index contributed by atoms with van der Waals surface area (Å²) in [6, 6.07) is 2.07. The normalized spacial score (nSPS) is 9.73. The van der Waals surface area contributed by atoms with Crippen LogP contribution in [0.5, 0.6) is 0 Å². The monoisotopic (exact) mass is 147 g/mol. The van der Waals surface area contributed by atoms with Crippen LogP contribution in [-0.4, -0.2) is 4.98 Å². The Morgan fingerprint density at radius 1 is 1.36 bits per heavy atom. The maximum Gasteiger partial charge on any atom is 0.0655 e. The van der Waals surface area contributed by atoms with E-state index < -0.39 is 0 Å². The zero-order valence-corrected chi connectivity index (χ0v) is 7.31. The van der Waals surface area contributed by atoms with Gasteiger partial charge in [-0.05, 0) is 43.5 Å². The number of hydrogen-bond acceptors (Lipinski definition) is 1. The SMILES string of the molecule is C=C(C)c1cc(C)c(C)cn1. The molecule has 0 N–H and O–H groups in total. The summed E-state index contributed by atoms with van der Waals surface area (Å²) in [5.41, 5.74) is 4.52. The van der Waals surface area contributed by atoms with Crippen LogP contribution in [0.3, 0.4) is 0 Å². The van der Waals surface area contributed by atoms with Crippen LogP contribution in [0, 0.1) is 13.8 Å². The van der Waals surface area contributed by atoms with Crippen LogP contribution >= 0.6 is 0 Å². The van der Waals surface area contributed by atoms with Gasteiger partial charge in [0.1, 0.15) is 0 Å². The van der Waals surface area contributed by atoms with Crippen molar-refractivity contribution in [1.82, 2.24) is 4.98 Å².